The maximum Gasteiger partial charge on any atom is 0.237 e. The Morgan fingerprint density at radius 2 is 2.29 bits per heavy atom. The summed E-state index contributed by atoms with van der Waals surface area (Å²) in [7, 11) is 1.89. The van der Waals surface area contributed by atoms with Crippen molar-refractivity contribution in [2.45, 2.75) is 45.7 Å². The second kappa shape index (κ2) is 5.82. The summed E-state index contributed by atoms with van der Waals surface area (Å²) in [5, 5.41) is 7.08. The van der Waals surface area contributed by atoms with E-state index < -0.39 is 6.04 Å². The minimum atomic E-state index is -0.417. The first-order valence-electron chi connectivity index (χ1n) is 6.01. The maximum atomic E-state index is 11.8. The standard InChI is InChI=1S/C12H22N4O/c1-5-6-11(13)12(17)15-8(2)10-7-14-16(4)9(10)3/h7-8,11H,5-6,13H2,1-4H3,(H,15,17)/t8?,11-/m0/s1. The van der Waals surface area contributed by atoms with Crippen LogP contribution in [0, 0.1) is 6.92 Å². The summed E-state index contributed by atoms with van der Waals surface area (Å²) in [6, 6.07) is -0.474. The van der Waals surface area contributed by atoms with Crippen LogP contribution >= 0.6 is 0 Å². The van der Waals surface area contributed by atoms with E-state index >= 15 is 0 Å². The molecule has 0 fully saturated rings. The first kappa shape index (κ1) is 13.7. The zero-order valence-electron chi connectivity index (χ0n) is 11.0. The first-order valence-corrected chi connectivity index (χ1v) is 6.01. The molecule has 0 aliphatic rings. The van der Waals surface area contributed by atoms with Gasteiger partial charge in [0.25, 0.3) is 0 Å². The molecule has 2 atom stereocenters. The molecular formula is C12H22N4O. The van der Waals surface area contributed by atoms with Crippen LogP contribution in [0.15, 0.2) is 6.20 Å². The van der Waals surface area contributed by atoms with Gasteiger partial charge < -0.3 is 11.1 Å². The lowest BCUT2D eigenvalue weighted by atomic mass is 10.1. The molecule has 0 saturated carbocycles. The zero-order chi connectivity index (χ0) is 13.0. The molecule has 1 unspecified atom stereocenters. The molecule has 1 aromatic rings. The predicted octanol–water partition coefficient (Wildman–Crippen LogP) is 1.03. The van der Waals surface area contributed by atoms with Crippen molar-refractivity contribution >= 4 is 5.91 Å². The summed E-state index contributed by atoms with van der Waals surface area (Å²) in [6.45, 7) is 5.94. The number of nitrogens with zero attached hydrogens (tertiary/aromatic N) is 2. The van der Waals surface area contributed by atoms with E-state index in [2.05, 4.69) is 10.4 Å². The van der Waals surface area contributed by atoms with E-state index in [0.717, 1.165) is 17.7 Å². The maximum absolute atomic E-state index is 11.8. The fraction of sp³-hybridized carbons (Fsp3) is 0.667. The number of aromatic nitrogens is 2. The van der Waals surface area contributed by atoms with Gasteiger partial charge in [-0.25, -0.2) is 0 Å². The van der Waals surface area contributed by atoms with E-state index in [9.17, 15) is 4.79 Å². The smallest absolute Gasteiger partial charge is 0.237 e. The quantitative estimate of drug-likeness (QED) is 0.804. The van der Waals surface area contributed by atoms with Gasteiger partial charge in [0.1, 0.15) is 0 Å². The van der Waals surface area contributed by atoms with Crippen LogP contribution in [0.5, 0.6) is 0 Å². The highest BCUT2D eigenvalue weighted by Crippen LogP contribution is 2.16. The van der Waals surface area contributed by atoms with Crippen LogP contribution in [0.2, 0.25) is 0 Å². The second-order valence-corrected chi connectivity index (χ2v) is 4.43. The van der Waals surface area contributed by atoms with Gasteiger partial charge in [-0.05, 0) is 20.3 Å². The molecule has 96 valence electrons. The van der Waals surface area contributed by atoms with E-state index in [0.29, 0.717) is 6.42 Å². The molecule has 5 nitrogen and oxygen atoms in total. The molecule has 3 N–H and O–H groups in total. The highest BCUT2D eigenvalue weighted by atomic mass is 16.2. The summed E-state index contributed by atoms with van der Waals surface area (Å²) in [5.74, 6) is -0.0948. The largest absolute Gasteiger partial charge is 0.348 e. The van der Waals surface area contributed by atoms with Gasteiger partial charge in [0, 0.05) is 18.3 Å². The van der Waals surface area contributed by atoms with E-state index in [1.807, 2.05) is 27.8 Å². The lowest BCUT2D eigenvalue weighted by Gasteiger charge is -2.17. The molecule has 0 aliphatic carbocycles. The van der Waals surface area contributed by atoms with Gasteiger partial charge in [0.15, 0.2) is 0 Å². The SMILES string of the molecule is CCC[C@H](N)C(=O)NC(C)c1cnn(C)c1C. The van der Waals surface area contributed by atoms with Crippen molar-refractivity contribution in [1.29, 1.82) is 0 Å². The van der Waals surface area contributed by atoms with Crippen molar-refractivity contribution in [2.24, 2.45) is 12.8 Å². The van der Waals surface area contributed by atoms with Crippen molar-refractivity contribution in [2.75, 3.05) is 0 Å². The summed E-state index contributed by atoms with van der Waals surface area (Å²) in [4.78, 5) is 11.8. The van der Waals surface area contributed by atoms with Gasteiger partial charge in [-0.3, -0.25) is 9.48 Å². The summed E-state index contributed by atoms with van der Waals surface area (Å²) >= 11 is 0. The van der Waals surface area contributed by atoms with Gasteiger partial charge in [-0.15, -0.1) is 0 Å². The average Bonchev–Trinajstić information content (AvgIpc) is 2.60. The number of hydrogen-bond donors (Lipinski definition) is 2. The normalized spacial score (nSPS) is 14.4. The van der Waals surface area contributed by atoms with Crippen LogP contribution in [0.25, 0.3) is 0 Å². The Morgan fingerprint density at radius 3 is 2.76 bits per heavy atom. The third-order valence-electron chi connectivity index (χ3n) is 3.03. The average molecular weight is 238 g/mol. The molecule has 5 heteroatoms. The Hall–Kier alpha value is -1.36. The lowest BCUT2D eigenvalue weighted by Crippen LogP contribution is -2.41. The van der Waals surface area contributed by atoms with Crippen molar-refractivity contribution in [3.05, 3.63) is 17.5 Å². The van der Waals surface area contributed by atoms with Gasteiger partial charge in [0.05, 0.1) is 18.3 Å². The highest BCUT2D eigenvalue weighted by Gasteiger charge is 2.18. The van der Waals surface area contributed by atoms with Crippen molar-refractivity contribution in [1.82, 2.24) is 15.1 Å². The Kier molecular flexibility index (Phi) is 4.69. The monoisotopic (exact) mass is 238 g/mol. The molecule has 0 aliphatic heterocycles. The third kappa shape index (κ3) is 3.30. The zero-order valence-corrected chi connectivity index (χ0v) is 11.0. The Morgan fingerprint density at radius 1 is 1.65 bits per heavy atom. The fourth-order valence-corrected chi connectivity index (χ4v) is 1.78. The molecular weight excluding hydrogens is 216 g/mol. The van der Waals surface area contributed by atoms with Crippen molar-refractivity contribution in [3.8, 4) is 0 Å². The van der Waals surface area contributed by atoms with E-state index in [-0.39, 0.29) is 11.9 Å². The van der Waals surface area contributed by atoms with Crippen LogP contribution in [0.3, 0.4) is 0 Å². The summed E-state index contributed by atoms with van der Waals surface area (Å²) in [5.41, 5.74) is 7.85. The van der Waals surface area contributed by atoms with Gasteiger partial charge in [0.2, 0.25) is 5.91 Å². The van der Waals surface area contributed by atoms with Gasteiger partial charge in [-0.1, -0.05) is 13.3 Å². The number of rotatable bonds is 5. The van der Waals surface area contributed by atoms with Crippen molar-refractivity contribution < 1.29 is 4.79 Å². The van der Waals surface area contributed by atoms with Crippen LogP contribution in [0.4, 0.5) is 0 Å². The number of nitrogens with two attached hydrogens (primary N) is 1. The molecule has 1 rings (SSSR count). The predicted molar refractivity (Wildman–Crippen MR) is 67.4 cm³/mol. The van der Waals surface area contributed by atoms with Gasteiger partial charge >= 0.3 is 0 Å². The summed E-state index contributed by atoms with van der Waals surface area (Å²) in [6.07, 6.45) is 3.41. The van der Waals surface area contributed by atoms with Crippen LogP contribution in [-0.2, 0) is 11.8 Å². The molecule has 0 spiro atoms. The van der Waals surface area contributed by atoms with Gasteiger partial charge in [-0.2, -0.15) is 5.10 Å². The van der Waals surface area contributed by atoms with Crippen LogP contribution in [-0.4, -0.2) is 21.7 Å². The number of amides is 1. The highest BCUT2D eigenvalue weighted by molar-refractivity contribution is 5.81. The molecule has 1 aromatic heterocycles. The van der Waals surface area contributed by atoms with Crippen LogP contribution in [0.1, 0.15) is 44.0 Å². The summed E-state index contributed by atoms with van der Waals surface area (Å²) < 4.78 is 1.80. The Labute approximate surface area is 102 Å². The van der Waals surface area contributed by atoms with Crippen LogP contribution < -0.4 is 11.1 Å². The molecule has 0 bridgehead atoms. The van der Waals surface area contributed by atoms with Crippen molar-refractivity contribution in [3.63, 3.8) is 0 Å². The second-order valence-electron chi connectivity index (χ2n) is 4.43. The van der Waals surface area contributed by atoms with E-state index in [1.54, 1.807) is 10.9 Å². The minimum Gasteiger partial charge on any atom is -0.348 e. The molecule has 0 saturated heterocycles. The third-order valence-corrected chi connectivity index (χ3v) is 3.03. The topological polar surface area (TPSA) is 72.9 Å². The Bertz CT molecular complexity index is 386. The molecule has 1 amide bonds. The molecule has 1 heterocycles. The number of hydrogen-bond acceptors (Lipinski definition) is 3. The molecule has 0 aromatic carbocycles. The fourth-order valence-electron chi connectivity index (χ4n) is 1.78. The number of aryl methyl sites for hydroxylation is 1. The number of carbonyl (C=O) groups excluding carboxylic acids is 1. The Balaban J connectivity index is 2.63. The number of nitrogens with one attached hydrogen (secondary N) is 1. The minimum absolute atomic E-state index is 0.0564. The lowest BCUT2D eigenvalue weighted by molar-refractivity contribution is -0.123. The molecule has 0 radical (unpaired) electrons. The van der Waals surface area contributed by atoms with E-state index in [1.165, 1.54) is 0 Å². The number of carbonyl (C=O) groups is 1. The molecule has 17 heavy (non-hydrogen) atoms. The van der Waals surface area contributed by atoms with E-state index in [4.69, 9.17) is 5.73 Å². The first-order chi connectivity index (χ1) is 7.97.